The van der Waals surface area contributed by atoms with E-state index in [1.807, 2.05) is 0 Å². The van der Waals surface area contributed by atoms with E-state index in [1.54, 1.807) is 0 Å². The third-order valence-corrected chi connectivity index (χ3v) is 10.2. The Bertz CT molecular complexity index is 609. The van der Waals surface area contributed by atoms with Crippen LogP contribution in [0.3, 0.4) is 0 Å². The Morgan fingerprint density at radius 1 is 0.818 bits per heavy atom. The van der Waals surface area contributed by atoms with Crippen LogP contribution in [-0.4, -0.2) is 10.3 Å². The third kappa shape index (κ3) is 3.76. The van der Waals surface area contributed by atoms with E-state index in [2.05, 4.69) is 112 Å². The quantitative estimate of drug-likeness (QED) is 0.274. The van der Waals surface area contributed by atoms with Crippen molar-refractivity contribution < 1.29 is 18.2 Å². The summed E-state index contributed by atoms with van der Waals surface area (Å²) < 4.78 is 0. The van der Waals surface area contributed by atoms with E-state index in [0.717, 1.165) is 0 Å². The van der Waals surface area contributed by atoms with Gasteiger partial charge in [-0.25, -0.2) is 0 Å². The van der Waals surface area contributed by atoms with Gasteiger partial charge in [0.2, 0.25) is 0 Å². The molecule has 3 heteroatoms. The molecule has 0 nitrogen and oxygen atoms in total. The Morgan fingerprint density at radius 3 is 1.73 bits per heavy atom. The van der Waals surface area contributed by atoms with Crippen molar-refractivity contribution >= 4 is 32.9 Å². The van der Waals surface area contributed by atoms with E-state index in [-0.39, 0.29) is 10.3 Å². The molecule has 0 spiro atoms. The van der Waals surface area contributed by atoms with Gasteiger partial charge in [0.25, 0.3) is 0 Å². The van der Waals surface area contributed by atoms with E-state index in [4.69, 9.17) is 6.66 Å². The van der Waals surface area contributed by atoms with Gasteiger partial charge in [0, 0.05) is 0 Å². The molecule has 22 heavy (non-hydrogen) atoms. The van der Waals surface area contributed by atoms with Gasteiger partial charge in [-0.2, -0.15) is 6.66 Å². The molecule has 0 aromatic heterocycles. The average Bonchev–Trinajstić information content (AvgIpc) is 2.45. The van der Waals surface area contributed by atoms with Crippen LogP contribution in [0.5, 0.6) is 0 Å². The van der Waals surface area contributed by atoms with Gasteiger partial charge in [0.1, 0.15) is 0 Å². The van der Waals surface area contributed by atoms with Crippen LogP contribution in [0.2, 0.25) is 0 Å². The minimum atomic E-state index is -1.54. The molecule has 0 heterocycles. The van der Waals surface area contributed by atoms with Gasteiger partial charge in [-0.3, -0.25) is 0 Å². The molecular weight excluding hydrogens is 401 g/mol. The van der Waals surface area contributed by atoms with Crippen LogP contribution in [0.15, 0.2) is 42.5 Å². The summed E-state index contributed by atoms with van der Waals surface area (Å²) >= 11 is 2.22. The van der Waals surface area contributed by atoms with Crippen molar-refractivity contribution in [2.24, 2.45) is 0 Å². The minimum absolute atomic E-state index is 0.202. The van der Waals surface area contributed by atoms with Crippen LogP contribution < -0.4 is 5.30 Å². The van der Waals surface area contributed by atoms with Crippen LogP contribution >= 0.6 is 16.8 Å². The van der Waals surface area contributed by atoms with Crippen molar-refractivity contribution in [1.82, 2.24) is 0 Å². The van der Waals surface area contributed by atoms with Gasteiger partial charge in [-0.05, 0) is 64.4 Å². The molecule has 2 aromatic rings. The van der Waals surface area contributed by atoms with E-state index in [1.165, 1.54) is 16.1 Å². The van der Waals surface area contributed by atoms with E-state index in [9.17, 15) is 0 Å². The molecule has 2 rings (SSSR count). The van der Waals surface area contributed by atoms with Gasteiger partial charge < -0.3 is 0 Å². The molecule has 0 N–H and O–H groups in total. The van der Waals surface area contributed by atoms with Crippen molar-refractivity contribution in [2.75, 3.05) is 0 Å². The zero-order chi connectivity index (χ0) is 17.2. The zero-order valence-corrected chi connectivity index (χ0v) is 17.6. The van der Waals surface area contributed by atoms with Crippen LogP contribution in [-0.2, 0) is 18.2 Å². The summed E-state index contributed by atoms with van der Waals surface area (Å²) in [4.78, 5) is 0. The summed E-state index contributed by atoms with van der Waals surface area (Å²) in [6.45, 7) is 18.8. The van der Waals surface area contributed by atoms with Crippen molar-refractivity contribution in [3.05, 3.63) is 49.1 Å². The fraction of sp³-hybridized carbons (Fsp3) is 0.421. The molecule has 124 valence electrons. The molecule has 0 atom stereocenters. The second kappa shape index (κ2) is 7.32. The first kappa shape index (κ1) is 20.1. The van der Waals surface area contributed by atoms with Crippen LogP contribution in [0.4, 0.5) is 0 Å². The van der Waals surface area contributed by atoms with Crippen LogP contribution in [0.1, 0.15) is 41.5 Å². The Morgan fingerprint density at radius 2 is 1.27 bits per heavy atom. The summed E-state index contributed by atoms with van der Waals surface area (Å²) in [6.07, 6.45) is 0. The SMILES string of the molecule is [CH2-][P+](c1ccc2ccccc2c1)(C(C)(C)C)C(C)(C)C.[Cl][Pd+]. The molecule has 0 aliphatic rings. The molecule has 0 unspecified atom stereocenters. The molecule has 0 fully saturated rings. The summed E-state index contributed by atoms with van der Waals surface area (Å²) in [7, 11) is 2.95. The van der Waals surface area contributed by atoms with Crippen molar-refractivity contribution in [3.63, 3.8) is 0 Å². The van der Waals surface area contributed by atoms with Gasteiger partial charge in [-0.1, -0.05) is 37.6 Å². The van der Waals surface area contributed by atoms with E-state index >= 15 is 0 Å². The third-order valence-electron chi connectivity index (χ3n) is 4.46. The van der Waals surface area contributed by atoms with Crippen LogP contribution in [0.25, 0.3) is 10.8 Å². The van der Waals surface area contributed by atoms with Gasteiger partial charge >= 0.3 is 27.7 Å². The van der Waals surface area contributed by atoms with Crippen molar-refractivity contribution in [3.8, 4) is 0 Å². The maximum atomic E-state index is 4.80. The summed E-state index contributed by atoms with van der Waals surface area (Å²) in [5, 5.41) is 4.48. The monoisotopic (exact) mass is 427 g/mol. The second-order valence-electron chi connectivity index (χ2n) is 7.68. The summed E-state index contributed by atoms with van der Waals surface area (Å²) in [6, 6.07) is 15.5. The van der Waals surface area contributed by atoms with E-state index in [0.29, 0.717) is 0 Å². The summed E-state index contributed by atoms with van der Waals surface area (Å²) in [5.41, 5.74) is 0. The Balaban J connectivity index is 0.00000116. The normalized spacial score (nSPS) is 12.8. The average molecular weight is 428 g/mol. The zero-order valence-electron chi connectivity index (χ0n) is 14.4. The van der Waals surface area contributed by atoms with E-state index < -0.39 is 7.26 Å². The summed E-state index contributed by atoms with van der Waals surface area (Å²) in [5.74, 6) is 0. The van der Waals surface area contributed by atoms with Crippen molar-refractivity contribution in [2.45, 2.75) is 51.9 Å². The number of benzene rings is 2. The molecule has 0 bridgehead atoms. The standard InChI is InChI=1S/C19H27P.ClH.Pd/c1-18(2,3)20(7,19(4,5)6)17-13-12-15-10-8-9-11-16(15)14-17;;/h8-14H,7H2,1-6H3;1H;/q;;+2/p-1. The number of halogens is 1. The first-order chi connectivity index (χ1) is 10.1. The predicted molar refractivity (Wildman–Crippen MR) is 101 cm³/mol. The molecule has 0 aliphatic carbocycles. The molecule has 0 radical (unpaired) electrons. The van der Waals surface area contributed by atoms with Gasteiger partial charge in [0.05, 0.1) is 15.6 Å². The Kier molecular flexibility index (Phi) is 6.70. The molecule has 0 saturated carbocycles. The second-order valence-corrected chi connectivity index (χ2v) is 12.5. The van der Waals surface area contributed by atoms with Crippen LogP contribution in [0, 0.1) is 6.66 Å². The molecule has 2 aromatic carbocycles. The first-order valence-electron chi connectivity index (χ1n) is 7.42. The topological polar surface area (TPSA) is 0 Å². The number of rotatable bonds is 1. The number of hydrogen-bond donors (Lipinski definition) is 0. The number of hydrogen-bond acceptors (Lipinski definition) is 0. The fourth-order valence-corrected chi connectivity index (χ4v) is 7.45. The first-order valence-corrected chi connectivity index (χ1v) is 11.4. The predicted octanol–water partition coefficient (Wildman–Crippen LogP) is 6.56. The van der Waals surface area contributed by atoms with Gasteiger partial charge in [-0.15, -0.1) is 0 Å². The molecule has 0 aliphatic heterocycles. The van der Waals surface area contributed by atoms with Gasteiger partial charge in [0.15, 0.2) is 0 Å². The molecule has 0 amide bonds. The molecule has 0 saturated heterocycles. The maximum absolute atomic E-state index is 4.80. The van der Waals surface area contributed by atoms with Crippen molar-refractivity contribution in [1.29, 1.82) is 0 Å². The molecular formula is C19H27ClPPd+. The Hall–Kier alpha value is 0.0823. The number of fused-ring (bicyclic) bond motifs is 1. The fourth-order valence-electron chi connectivity index (χ4n) is 3.19. The Labute approximate surface area is 151 Å².